The van der Waals surface area contributed by atoms with Crippen molar-refractivity contribution in [1.82, 2.24) is 14.8 Å². The highest BCUT2D eigenvalue weighted by Gasteiger charge is 2.37. The predicted octanol–water partition coefficient (Wildman–Crippen LogP) is 3.48. The molecule has 7 nitrogen and oxygen atoms in total. The van der Waals surface area contributed by atoms with Crippen LogP contribution in [0.3, 0.4) is 0 Å². The lowest BCUT2D eigenvalue weighted by Gasteiger charge is -2.25. The van der Waals surface area contributed by atoms with Crippen LogP contribution in [0.1, 0.15) is 84.0 Å². The molecule has 0 aliphatic carbocycles. The first-order valence-electron chi connectivity index (χ1n) is 12.4. The van der Waals surface area contributed by atoms with Gasteiger partial charge in [-0.1, -0.05) is 71.1 Å². The Labute approximate surface area is 190 Å². The number of unbranched alkanes of at least 4 members (excludes halogenated alkanes) is 9. The van der Waals surface area contributed by atoms with E-state index in [1.807, 2.05) is 7.05 Å². The van der Waals surface area contributed by atoms with E-state index >= 15 is 0 Å². The number of amides is 2. The molecule has 1 saturated heterocycles. The monoisotopic (exact) mass is 437 g/mol. The molecule has 1 unspecified atom stereocenters. The SMILES string of the molecule is C=NCCN(CCN(C)N)CCN1C(=O)CC(CCCCCCCCCCCC)C1=O. The van der Waals surface area contributed by atoms with E-state index in [-0.39, 0.29) is 17.7 Å². The van der Waals surface area contributed by atoms with Crippen LogP contribution < -0.4 is 5.84 Å². The Hall–Kier alpha value is -1.31. The Bertz CT molecular complexity index is 512. The van der Waals surface area contributed by atoms with Crippen LogP contribution in [0.15, 0.2) is 4.99 Å². The van der Waals surface area contributed by atoms with Gasteiger partial charge in [-0.05, 0) is 13.1 Å². The third-order valence-electron chi connectivity index (χ3n) is 6.23. The molecule has 1 heterocycles. The molecule has 2 amide bonds. The van der Waals surface area contributed by atoms with E-state index in [1.165, 1.54) is 62.7 Å². The zero-order valence-electron chi connectivity index (χ0n) is 20.2. The topological polar surface area (TPSA) is 82.2 Å². The molecule has 7 heteroatoms. The summed E-state index contributed by atoms with van der Waals surface area (Å²) in [4.78, 5) is 32.7. The fourth-order valence-electron chi connectivity index (χ4n) is 4.18. The molecule has 31 heavy (non-hydrogen) atoms. The number of likely N-dealkylation sites (N-methyl/N-ethyl adjacent to an activating group) is 1. The van der Waals surface area contributed by atoms with E-state index in [1.54, 1.807) is 5.01 Å². The minimum absolute atomic E-state index is 0.0141. The molecule has 0 radical (unpaired) electrons. The highest BCUT2D eigenvalue weighted by molar-refractivity contribution is 6.03. The summed E-state index contributed by atoms with van der Waals surface area (Å²) < 4.78 is 0. The number of hydrogen-bond acceptors (Lipinski definition) is 6. The predicted molar refractivity (Wildman–Crippen MR) is 129 cm³/mol. The van der Waals surface area contributed by atoms with E-state index in [0.29, 0.717) is 26.1 Å². The maximum atomic E-state index is 12.7. The van der Waals surface area contributed by atoms with Crippen LogP contribution >= 0.6 is 0 Å². The summed E-state index contributed by atoms with van der Waals surface area (Å²) in [7, 11) is 1.83. The molecular weight excluding hydrogens is 390 g/mol. The zero-order valence-corrected chi connectivity index (χ0v) is 20.2. The van der Waals surface area contributed by atoms with E-state index in [0.717, 1.165) is 32.5 Å². The maximum absolute atomic E-state index is 12.7. The van der Waals surface area contributed by atoms with Gasteiger partial charge >= 0.3 is 0 Å². The van der Waals surface area contributed by atoms with Crippen molar-refractivity contribution in [3.05, 3.63) is 0 Å². The molecule has 180 valence electrons. The van der Waals surface area contributed by atoms with E-state index in [9.17, 15) is 9.59 Å². The third kappa shape index (κ3) is 12.3. The summed E-state index contributed by atoms with van der Waals surface area (Å²) in [6, 6.07) is 0. The summed E-state index contributed by atoms with van der Waals surface area (Å²) in [6.45, 7) is 9.80. The van der Waals surface area contributed by atoms with Crippen LogP contribution in [-0.4, -0.2) is 79.7 Å². The molecule has 0 bridgehead atoms. The first-order chi connectivity index (χ1) is 15.0. The quantitative estimate of drug-likeness (QED) is 0.104. The van der Waals surface area contributed by atoms with Crippen molar-refractivity contribution in [2.24, 2.45) is 16.8 Å². The summed E-state index contributed by atoms with van der Waals surface area (Å²) in [5, 5.41) is 1.64. The maximum Gasteiger partial charge on any atom is 0.232 e. The van der Waals surface area contributed by atoms with Crippen molar-refractivity contribution in [1.29, 1.82) is 0 Å². The largest absolute Gasteiger partial charge is 0.300 e. The summed E-state index contributed by atoms with van der Waals surface area (Å²) >= 11 is 0. The van der Waals surface area contributed by atoms with Gasteiger partial charge in [-0.2, -0.15) is 0 Å². The second kappa shape index (κ2) is 17.3. The Morgan fingerprint density at radius 1 is 0.968 bits per heavy atom. The molecule has 0 aromatic rings. The lowest BCUT2D eigenvalue weighted by atomic mass is 9.98. The third-order valence-corrected chi connectivity index (χ3v) is 6.23. The highest BCUT2D eigenvalue weighted by Crippen LogP contribution is 2.25. The van der Waals surface area contributed by atoms with Gasteiger partial charge in [0.2, 0.25) is 11.8 Å². The smallest absolute Gasteiger partial charge is 0.232 e. The molecule has 0 spiro atoms. The van der Waals surface area contributed by atoms with Gasteiger partial charge in [-0.15, -0.1) is 0 Å². The number of carbonyl (C=O) groups is 2. The Kier molecular flexibility index (Phi) is 15.4. The Morgan fingerprint density at radius 2 is 1.58 bits per heavy atom. The number of carbonyl (C=O) groups excluding carboxylic acids is 2. The minimum atomic E-state index is -0.111. The summed E-state index contributed by atoms with van der Waals surface area (Å²) in [6.07, 6.45) is 14.1. The molecule has 2 N–H and O–H groups in total. The zero-order chi connectivity index (χ0) is 22.9. The number of nitrogens with zero attached hydrogens (tertiary/aromatic N) is 4. The number of nitrogens with two attached hydrogens (primary N) is 1. The van der Waals surface area contributed by atoms with Crippen LogP contribution in [0.4, 0.5) is 0 Å². The summed E-state index contributed by atoms with van der Waals surface area (Å²) in [5.41, 5.74) is 0. The first kappa shape index (κ1) is 27.7. The van der Waals surface area contributed by atoms with Gasteiger partial charge in [-0.25, -0.2) is 5.01 Å². The van der Waals surface area contributed by atoms with Crippen LogP contribution in [0.5, 0.6) is 0 Å². The summed E-state index contributed by atoms with van der Waals surface area (Å²) in [5.74, 6) is 5.61. The molecule has 1 aliphatic heterocycles. The lowest BCUT2D eigenvalue weighted by Crippen LogP contribution is -2.43. The van der Waals surface area contributed by atoms with E-state index < -0.39 is 0 Å². The standard InChI is InChI=1S/C24H47N5O2/c1-4-5-6-7-8-9-10-11-12-13-14-22-21-23(30)29(24(22)31)20-19-28(16-15-26-2)18-17-27(3)25/h22H,2,4-21,25H2,1,3H3. The normalized spacial score (nSPS) is 16.8. The molecule has 1 fully saturated rings. The van der Waals surface area contributed by atoms with Crippen molar-refractivity contribution in [2.75, 3.05) is 46.3 Å². The minimum Gasteiger partial charge on any atom is -0.300 e. The van der Waals surface area contributed by atoms with Crippen LogP contribution in [0.2, 0.25) is 0 Å². The molecule has 1 aliphatic rings. The molecule has 0 saturated carbocycles. The van der Waals surface area contributed by atoms with Gasteiger partial charge < -0.3 is 0 Å². The van der Waals surface area contributed by atoms with Gasteiger partial charge in [-0.3, -0.25) is 30.2 Å². The number of aliphatic imine (C=N–C) groups is 1. The van der Waals surface area contributed by atoms with Gasteiger partial charge in [0.1, 0.15) is 0 Å². The van der Waals surface area contributed by atoms with Gasteiger partial charge in [0, 0.05) is 52.1 Å². The second-order valence-corrected chi connectivity index (χ2v) is 9.02. The average molecular weight is 438 g/mol. The number of hydrazine groups is 1. The van der Waals surface area contributed by atoms with Gasteiger partial charge in [0.15, 0.2) is 0 Å². The fraction of sp³-hybridized carbons (Fsp3) is 0.875. The number of rotatable bonds is 20. The van der Waals surface area contributed by atoms with Crippen molar-refractivity contribution in [3.8, 4) is 0 Å². The van der Waals surface area contributed by atoms with E-state index in [4.69, 9.17) is 5.84 Å². The molecule has 1 atom stereocenters. The Morgan fingerprint density at radius 3 is 2.16 bits per heavy atom. The van der Waals surface area contributed by atoms with Crippen molar-refractivity contribution in [3.63, 3.8) is 0 Å². The number of imide groups is 1. The highest BCUT2D eigenvalue weighted by atomic mass is 16.2. The van der Waals surface area contributed by atoms with Crippen LogP contribution in [0, 0.1) is 5.92 Å². The number of hydrogen-bond donors (Lipinski definition) is 1. The number of likely N-dealkylation sites (tertiary alicyclic amines) is 1. The van der Waals surface area contributed by atoms with Crippen molar-refractivity contribution >= 4 is 18.5 Å². The fourth-order valence-corrected chi connectivity index (χ4v) is 4.18. The molecule has 0 aromatic carbocycles. The molecule has 0 aromatic heterocycles. The molecule has 1 rings (SSSR count). The van der Waals surface area contributed by atoms with E-state index in [2.05, 4.69) is 23.5 Å². The molecular formula is C24H47N5O2. The van der Waals surface area contributed by atoms with Crippen molar-refractivity contribution < 1.29 is 9.59 Å². The van der Waals surface area contributed by atoms with Crippen molar-refractivity contribution in [2.45, 2.75) is 84.0 Å². The average Bonchev–Trinajstić information content (AvgIpc) is 3.01. The lowest BCUT2D eigenvalue weighted by molar-refractivity contribution is -0.139. The second-order valence-electron chi connectivity index (χ2n) is 9.02. The van der Waals surface area contributed by atoms with Gasteiger partial charge in [0.25, 0.3) is 0 Å². The Balaban J connectivity index is 2.24. The first-order valence-corrected chi connectivity index (χ1v) is 12.4. The van der Waals surface area contributed by atoms with Crippen LogP contribution in [0.25, 0.3) is 0 Å². The van der Waals surface area contributed by atoms with Crippen LogP contribution in [-0.2, 0) is 9.59 Å². The van der Waals surface area contributed by atoms with Gasteiger partial charge in [0.05, 0.1) is 6.54 Å².